The quantitative estimate of drug-likeness (QED) is 0.889. The Bertz CT molecular complexity index is 486. The fourth-order valence-electron chi connectivity index (χ4n) is 1.95. The molecule has 18 heavy (non-hydrogen) atoms. The van der Waals surface area contributed by atoms with Gasteiger partial charge < -0.3 is 10.6 Å². The molecule has 0 spiro atoms. The van der Waals surface area contributed by atoms with Gasteiger partial charge in [-0.3, -0.25) is 0 Å². The van der Waals surface area contributed by atoms with E-state index in [4.69, 9.17) is 5.73 Å². The van der Waals surface area contributed by atoms with Gasteiger partial charge in [0.15, 0.2) is 0 Å². The maximum Gasteiger partial charge on any atom is 0.0426 e. The van der Waals surface area contributed by atoms with Crippen molar-refractivity contribution in [2.45, 2.75) is 20.0 Å². The largest absolute Gasteiger partial charge is 0.370 e. The molecule has 2 N–H and O–H groups in total. The Morgan fingerprint density at radius 1 is 0.889 bits per heavy atom. The molecule has 0 amide bonds. The van der Waals surface area contributed by atoms with Gasteiger partial charge in [0.25, 0.3) is 0 Å². The summed E-state index contributed by atoms with van der Waals surface area (Å²) in [5.74, 6) is 0. The normalized spacial score (nSPS) is 10.4. The maximum atomic E-state index is 5.60. The van der Waals surface area contributed by atoms with Crippen molar-refractivity contribution in [2.24, 2.45) is 5.73 Å². The van der Waals surface area contributed by atoms with Crippen LogP contribution in [0.5, 0.6) is 0 Å². The molecule has 0 aliphatic heterocycles. The molecular weight excluding hydrogens is 220 g/mol. The lowest BCUT2D eigenvalue weighted by Crippen LogP contribution is -2.16. The van der Waals surface area contributed by atoms with E-state index in [-0.39, 0.29) is 0 Å². The van der Waals surface area contributed by atoms with Crippen molar-refractivity contribution in [1.82, 2.24) is 0 Å². The van der Waals surface area contributed by atoms with Crippen molar-refractivity contribution < 1.29 is 0 Å². The molecule has 2 rings (SSSR count). The molecular formula is C16H20N2. The minimum atomic E-state index is 0.599. The van der Waals surface area contributed by atoms with Gasteiger partial charge in [0.2, 0.25) is 0 Å². The fraction of sp³-hybridized carbons (Fsp3) is 0.250. The van der Waals surface area contributed by atoms with Crippen LogP contribution in [-0.2, 0) is 13.1 Å². The van der Waals surface area contributed by atoms with E-state index in [1.54, 1.807) is 0 Å². The van der Waals surface area contributed by atoms with Crippen LogP contribution in [0, 0.1) is 6.92 Å². The third kappa shape index (κ3) is 3.11. The van der Waals surface area contributed by atoms with Crippen molar-refractivity contribution in [3.63, 3.8) is 0 Å². The second-order valence-corrected chi connectivity index (χ2v) is 4.71. The lowest BCUT2D eigenvalue weighted by molar-refractivity contribution is 0.920. The zero-order valence-corrected chi connectivity index (χ0v) is 11.1. The second-order valence-electron chi connectivity index (χ2n) is 4.71. The van der Waals surface area contributed by atoms with Crippen molar-refractivity contribution >= 4 is 5.69 Å². The van der Waals surface area contributed by atoms with Crippen LogP contribution in [0.3, 0.4) is 0 Å². The molecule has 2 aromatic carbocycles. The van der Waals surface area contributed by atoms with Crippen LogP contribution in [-0.4, -0.2) is 7.05 Å². The molecule has 94 valence electrons. The van der Waals surface area contributed by atoms with E-state index in [0.717, 1.165) is 6.54 Å². The lowest BCUT2D eigenvalue weighted by Gasteiger charge is -2.19. The monoisotopic (exact) mass is 240 g/mol. The summed E-state index contributed by atoms with van der Waals surface area (Å²) in [5.41, 5.74) is 10.6. The number of aryl methyl sites for hydroxylation is 1. The average Bonchev–Trinajstić information content (AvgIpc) is 2.41. The Morgan fingerprint density at radius 3 is 2.00 bits per heavy atom. The predicted molar refractivity (Wildman–Crippen MR) is 77.6 cm³/mol. The van der Waals surface area contributed by atoms with Gasteiger partial charge in [-0.2, -0.15) is 0 Å². The Morgan fingerprint density at radius 2 is 1.44 bits per heavy atom. The van der Waals surface area contributed by atoms with Gasteiger partial charge in [0.1, 0.15) is 0 Å². The molecule has 0 aliphatic rings. The first kappa shape index (κ1) is 12.7. The van der Waals surface area contributed by atoms with Gasteiger partial charge in [-0.1, -0.05) is 42.0 Å². The number of rotatable bonds is 4. The first-order valence-corrected chi connectivity index (χ1v) is 6.25. The molecule has 2 aromatic rings. The van der Waals surface area contributed by atoms with Crippen LogP contribution in [0.1, 0.15) is 16.7 Å². The molecule has 0 saturated carbocycles. The summed E-state index contributed by atoms with van der Waals surface area (Å²) < 4.78 is 0. The highest BCUT2D eigenvalue weighted by Gasteiger charge is 2.02. The van der Waals surface area contributed by atoms with Gasteiger partial charge in [-0.15, -0.1) is 0 Å². The molecule has 0 radical (unpaired) electrons. The Labute approximate surface area is 109 Å². The highest BCUT2D eigenvalue weighted by molar-refractivity contribution is 5.47. The minimum Gasteiger partial charge on any atom is -0.370 e. The third-order valence-electron chi connectivity index (χ3n) is 3.15. The van der Waals surface area contributed by atoms with Gasteiger partial charge in [0.05, 0.1) is 0 Å². The van der Waals surface area contributed by atoms with Crippen LogP contribution in [0.25, 0.3) is 0 Å². The summed E-state index contributed by atoms with van der Waals surface area (Å²) in [6.07, 6.45) is 0. The molecule has 2 heteroatoms. The van der Waals surface area contributed by atoms with E-state index in [9.17, 15) is 0 Å². The molecule has 0 aromatic heterocycles. The fourth-order valence-corrected chi connectivity index (χ4v) is 1.95. The van der Waals surface area contributed by atoms with Crippen molar-refractivity contribution in [1.29, 1.82) is 0 Å². The zero-order valence-electron chi connectivity index (χ0n) is 11.1. The van der Waals surface area contributed by atoms with Gasteiger partial charge in [-0.05, 0) is 30.2 Å². The van der Waals surface area contributed by atoms with E-state index >= 15 is 0 Å². The van der Waals surface area contributed by atoms with Crippen LogP contribution >= 0.6 is 0 Å². The summed E-state index contributed by atoms with van der Waals surface area (Å²) in [4.78, 5) is 2.24. The van der Waals surface area contributed by atoms with Crippen molar-refractivity contribution in [2.75, 3.05) is 11.9 Å². The highest BCUT2D eigenvalue weighted by Crippen LogP contribution is 2.16. The van der Waals surface area contributed by atoms with Crippen LogP contribution < -0.4 is 10.6 Å². The van der Waals surface area contributed by atoms with Gasteiger partial charge in [0, 0.05) is 25.8 Å². The van der Waals surface area contributed by atoms with E-state index < -0.39 is 0 Å². The first-order chi connectivity index (χ1) is 8.69. The molecule has 0 atom stereocenters. The van der Waals surface area contributed by atoms with Crippen LogP contribution in [0.2, 0.25) is 0 Å². The van der Waals surface area contributed by atoms with Crippen molar-refractivity contribution in [3.05, 3.63) is 65.2 Å². The molecule has 0 bridgehead atoms. The Balaban J connectivity index is 2.06. The van der Waals surface area contributed by atoms with Crippen molar-refractivity contribution in [3.8, 4) is 0 Å². The number of anilines is 1. The van der Waals surface area contributed by atoms with E-state index in [0.29, 0.717) is 6.54 Å². The van der Waals surface area contributed by atoms with Gasteiger partial charge >= 0.3 is 0 Å². The Kier molecular flexibility index (Phi) is 4.00. The predicted octanol–water partition coefficient (Wildman–Crippen LogP) is 3.09. The SMILES string of the molecule is Cc1ccc(CN(C)c2ccc(CN)cc2)cc1. The Hall–Kier alpha value is -1.80. The number of nitrogens with two attached hydrogens (primary N) is 1. The summed E-state index contributed by atoms with van der Waals surface area (Å²) in [6, 6.07) is 17.1. The molecule has 0 unspecified atom stereocenters. The molecule has 2 nitrogen and oxygen atoms in total. The second kappa shape index (κ2) is 5.69. The smallest absolute Gasteiger partial charge is 0.0426 e. The standard InChI is InChI=1S/C16H20N2/c1-13-3-5-15(6-4-13)12-18(2)16-9-7-14(11-17)8-10-16/h3-10H,11-12,17H2,1-2H3. The highest BCUT2D eigenvalue weighted by atomic mass is 15.1. The zero-order chi connectivity index (χ0) is 13.0. The maximum absolute atomic E-state index is 5.60. The topological polar surface area (TPSA) is 29.3 Å². The number of benzene rings is 2. The van der Waals surface area contributed by atoms with Crippen LogP contribution in [0.4, 0.5) is 5.69 Å². The molecule has 0 fully saturated rings. The van der Waals surface area contributed by atoms with Crippen LogP contribution in [0.15, 0.2) is 48.5 Å². The average molecular weight is 240 g/mol. The molecule has 0 heterocycles. The van der Waals surface area contributed by atoms with E-state index in [1.165, 1.54) is 22.4 Å². The summed E-state index contributed by atoms with van der Waals surface area (Å²) in [5, 5.41) is 0. The lowest BCUT2D eigenvalue weighted by atomic mass is 10.1. The first-order valence-electron chi connectivity index (χ1n) is 6.25. The summed E-state index contributed by atoms with van der Waals surface area (Å²) >= 11 is 0. The minimum absolute atomic E-state index is 0.599. The van der Waals surface area contributed by atoms with E-state index in [2.05, 4.69) is 67.4 Å². The number of hydrogen-bond donors (Lipinski definition) is 1. The number of hydrogen-bond acceptors (Lipinski definition) is 2. The summed E-state index contributed by atoms with van der Waals surface area (Å²) in [6.45, 7) is 3.63. The third-order valence-corrected chi connectivity index (χ3v) is 3.15. The summed E-state index contributed by atoms with van der Waals surface area (Å²) in [7, 11) is 2.11. The van der Waals surface area contributed by atoms with Gasteiger partial charge in [-0.25, -0.2) is 0 Å². The molecule has 0 aliphatic carbocycles. The molecule has 0 saturated heterocycles. The number of nitrogens with zero attached hydrogens (tertiary/aromatic N) is 1. The van der Waals surface area contributed by atoms with E-state index in [1.807, 2.05) is 0 Å².